The van der Waals surface area contributed by atoms with Crippen molar-refractivity contribution in [1.29, 1.82) is 0 Å². The summed E-state index contributed by atoms with van der Waals surface area (Å²) in [6, 6.07) is 18.2. The molecule has 0 saturated carbocycles. The molecule has 3 aromatic rings. The summed E-state index contributed by atoms with van der Waals surface area (Å²) < 4.78 is 10.6. The van der Waals surface area contributed by atoms with Gasteiger partial charge in [-0.25, -0.2) is 0 Å². The van der Waals surface area contributed by atoms with Crippen LogP contribution in [0.4, 0.5) is 5.69 Å². The van der Waals surface area contributed by atoms with Gasteiger partial charge < -0.3 is 14.6 Å². The Morgan fingerprint density at radius 1 is 0.970 bits per heavy atom. The van der Waals surface area contributed by atoms with Gasteiger partial charge >= 0.3 is 0 Å². The molecule has 1 saturated heterocycles. The summed E-state index contributed by atoms with van der Waals surface area (Å²) in [5, 5.41) is 11.6. The number of aryl methyl sites for hydroxylation is 1. The molecule has 33 heavy (non-hydrogen) atoms. The quantitative estimate of drug-likeness (QED) is 0.316. The number of carbonyl (C=O) groups is 2. The van der Waals surface area contributed by atoms with Crippen molar-refractivity contribution < 1.29 is 24.2 Å². The smallest absolute Gasteiger partial charge is 0.300 e. The maximum atomic E-state index is 13.3. The van der Waals surface area contributed by atoms with Crippen molar-refractivity contribution in [2.75, 3.05) is 19.1 Å². The van der Waals surface area contributed by atoms with E-state index < -0.39 is 17.7 Å². The summed E-state index contributed by atoms with van der Waals surface area (Å²) in [6.45, 7) is 1.92. The van der Waals surface area contributed by atoms with Crippen LogP contribution in [0.2, 0.25) is 5.02 Å². The van der Waals surface area contributed by atoms with Gasteiger partial charge in [0.1, 0.15) is 17.3 Å². The van der Waals surface area contributed by atoms with E-state index in [1.165, 1.54) is 25.2 Å². The lowest BCUT2D eigenvalue weighted by molar-refractivity contribution is -0.132. The van der Waals surface area contributed by atoms with E-state index in [1.54, 1.807) is 36.4 Å². The SMILES string of the molecule is COc1cccc(N2C(=O)C(=O)/C(=C(/O)c3ccc(Cl)c(OC)c3)C2c2cccc(C)c2)c1. The number of aliphatic hydroxyl groups is 1. The second-order valence-corrected chi connectivity index (χ2v) is 8.04. The van der Waals surface area contributed by atoms with Crippen molar-refractivity contribution in [2.24, 2.45) is 0 Å². The maximum Gasteiger partial charge on any atom is 0.300 e. The van der Waals surface area contributed by atoms with Gasteiger partial charge in [-0.1, -0.05) is 47.5 Å². The van der Waals surface area contributed by atoms with E-state index in [0.717, 1.165) is 5.56 Å². The highest BCUT2D eigenvalue weighted by atomic mass is 35.5. The number of amides is 1. The number of benzene rings is 3. The zero-order chi connectivity index (χ0) is 23.7. The van der Waals surface area contributed by atoms with Gasteiger partial charge in [0.15, 0.2) is 0 Å². The highest BCUT2D eigenvalue weighted by molar-refractivity contribution is 6.51. The molecule has 1 aliphatic heterocycles. The van der Waals surface area contributed by atoms with Crippen LogP contribution >= 0.6 is 11.6 Å². The number of anilines is 1. The van der Waals surface area contributed by atoms with Gasteiger partial charge in [0.2, 0.25) is 0 Å². The van der Waals surface area contributed by atoms with Crippen molar-refractivity contribution in [3.63, 3.8) is 0 Å². The van der Waals surface area contributed by atoms with Gasteiger partial charge in [0.25, 0.3) is 11.7 Å². The first-order chi connectivity index (χ1) is 15.8. The zero-order valence-electron chi connectivity index (χ0n) is 18.3. The van der Waals surface area contributed by atoms with E-state index in [4.69, 9.17) is 21.1 Å². The number of hydrogen-bond donors (Lipinski definition) is 1. The molecule has 0 aliphatic carbocycles. The van der Waals surface area contributed by atoms with Crippen LogP contribution in [0.3, 0.4) is 0 Å². The molecule has 1 atom stereocenters. The van der Waals surface area contributed by atoms with E-state index >= 15 is 0 Å². The lowest BCUT2D eigenvalue weighted by Crippen LogP contribution is -2.29. The Bertz CT molecular complexity index is 1280. The van der Waals surface area contributed by atoms with Crippen LogP contribution in [-0.2, 0) is 9.59 Å². The van der Waals surface area contributed by atoms with E-state index in [1.807, 2.05) is 31.2 Å². The molecule has 1 aliphatic rings. The average Bonchev–Trinajstić information content (AvgIpc) is 3.09. The number of hydrogen-bond acceptors (Lipinski definition) is 5. The Labute approximate surface area is 196 Å². The summed E-state index contributed by atoms with van der Waals surface area (Å²) in [4.78, 5) is 27.9. The molecule has 1 fully saturated rings. The second kappa shape index (κ2) is 9.00. The van der Waals surface area contributed by atoms with E-state index in [9.17, 15) is 14.7 Å². The molecule has 0 spiro atoms. The van der Waals surface area contributed by atoms with Gasteiger partial charge in [-0.3, -0.25) is 14.5 Å². The Kier molecular flexibility index (Phi) is 6.11. The minimum atomic E-state index is -0.835. The number of nitrogens with zero attached hydrogens (tertiary/aromatic N) is 1. The molecule has 3 aromatic carbocycles. The minimum absolute atomic E-state index is 0.0159. The third-order valence-corrected chi connectivity index (χ3v) is 5.87. The average molecular weight is 464 g/mol. The van der Waals surface area contributed by atoms with E-state index in [0.29, 0.717) is 33.3 Å². The topological polar surface area (TPSA) is 76.1 Å². The van der Waals surface area contributed by atoms with Crippen molar-refractivity contribution in [3.05, 3.63) is 94.0 Å². The first-order valence-electron chi connectivity index (χ1n) is 10.2. The summed E-state index contributed by atoms with van der Waals surface area (Å²) in [5.41, 5.74) is 2.43. The van der Waals surface area contributed by atoms with Crippen molar-refractivity contribution >= 4 is 34.7 Å². The third kappa shape index (κ3) is 4.05. The van der Waals surface area contributed by atoms with Gasteiger partial charge in [-0.2, -0.15) is 0 Å². The van der Waals surface area contributed by atoms with E-state index in [-0.39, 0.29) is 11.3 Å². The lowest BCUT2D eigenvalue weighted by atomic mass is 9.94. The van der Waals surface area contributed by atoms with Gasteiger partial charge in [0, 0.05) is 17.3 Å². The van der Waals surface area contributed by atoms with Crippen LogP contribution < -0.4 is 14.4 Å². The summed E-state index contributed by atoms with van der Waals surface area (Å²) in [7, 11) is 2.98. The standard InChI is InChI=1S/C26H22ClNO5/c1-15-6-4-7-16(12-15)23-22(24(29)17-10-11-20(27)21(13-17)33-3)25(30)26(31)28(23)18-8-5-9-19(14-18)32-2/h4-14,23,29H,1-3H3/b24-22+. The van der Waals surface area contributed by atoms with Gasteiger partial charge in [-0.15, -0.1) is 0 Å². The molecular weight excluding hydrogens is 442 g/mol. The van der Waals surface area contributed by atoms with Crippen LogP contribution in [0, 0.1) is 6.92 Å². The van der Waals surface area contributed by atoms with Crippen LogP contribution in [0.1, 0.15) is 22.7 Å². The van der Waals surface area contributed by atoms with E-state index in [2.05, 4.69) is 0 Å². The molecule has 1 unspecified atom stereocenters. The normalized spacial score (nSPS) is 17.3. The van der Waals surface area contributed by atoms with Crippen molar-refractivity contribution in [2.45, 2.75) is 13.0 Å². The number of carbonyl (C=O) groups excluding carboxylic acids is 2. The fourth-order valence-electron chi connectivity index (χ4n) is 3.98. The summed E-state index contributed by atoms with van der Waals surface area (Å²) in [5.74, 6) is -0.942. The Balaban J connectivity index is 1.96. The molecule has 0 radical (unpaired) electrons. The van der Waals surface area contributed by atoms with Gasteiger partial charge in [0.05, 0.1) is 30.9 Å². The molecule has 6 nitrogen and oxygen atoms in total. The fraction of sp³-hybridized carbons (Fsp3) is 0.154. The number of rotatable bonds is 5. The Morgan fingerprint density at radius 2 is 1.73 bits per heavy atom. The third-order valence-electron chi connectivity index (χ3n) is 5.56. The molecule has 168 valence electrons. The molecule has 1 amide bonds. The predicted molar refractivity (Wildman–Crippen MR) is 127 cm³/mol. The van der Waals surface area contributed by atoms with Crippen LogP contribution in [0.15, 0.2) is 72.3 Å². The largest absolute Gasteiger partial charge is 0.507 e. The first-order valence-corrected chi connectivity index (χ1v) is 10.6. The molecule has 1 N–H and O–H groups in total. The zero-order valence-corrected chi connectivity index (χ0v) is 19.1. The summed E-state index contributed by atoms with van der Waals surface area (Å²) >= 11 is 6.12. The van der Waals surface area contributed by atoms with Crippen LogP contribution in [-0.4, -0.2) is 31.0 Å². The molecule has 7 heteroatoms. The molecule has 0 bridgehead atoms. The number of Topliss-reactive ketones (excluding diaryl/α,β-unsaturated/α-hetero) is 1. The lowest BCUT2D eigenvalue weighted by Gasteiger charge is -2.26. The van der Waals surface area contributed by atoms with Crippen LogP contribution in [0.5, 0.6) is 11.5 Å². The summed E-state index contributed by atoms with van der Waals surface area (Å²) in [6.07, 6.45) is 0. The van der Waals surface area contributed by atoms with Crippen molar-refractivity contribution in [1.82, 2.24) is 0 Å². The first kappa shape index (κ1) is 22.4. The highest BCUT2D eigenvalue weighted by Gasteiger charge is 2.47. The Morgan fingerprint density at radius 3 is 2.42 bits per heavy atom. The number of ketones is 1. The molecule has 4 rings (SSSR count). The number of halogens is 1. The highest BCUT2D eigenvalue weighted by Crippen LogP contribution is 2.43. The second-order valence-electron chi connectivity index (χ2n) is 7.63. The Hall–Kier alpha value is -3.77. The van der Waals surface area contributed by atoms with Gasteiger partial charge in [-0.05, 0) is 42.8 Å². The minimum Gasteiger partial charge on any atom is -0.507 e. The molecule has 0 aromatic heterocycles. The fourth-order valence-corrected chi connectivity index (χ4v) is 4.17. The van der Waals surface area contributed by atoms with Crippen LogP contribution in [0.25, 0.3) is 5.76 Å². The predicted octanol–water partition coefficient (Wildman–Crippen LogP) is 5.29. The maximum absolute atomic E-state index is 13.3. The number of ether oxygens (including phenoxy) is 2. The molecule has 1 heterocycles. The monoisotopic (exact) mass is 463 g/mol. The number of methoxy groups -OCH3 is 2. The van der Waals surface area contributed by atoms with Crippen molar-refractivity contribution in [3.8, 4) is 11.5 Å². The number of aliphatic hydroxyl groups excluding tert-OH is 1. The molecular formula is C26H22ClNO5.